The van der Waals surface area contributed by atoms with Crippen LogP contribution in [0.3, 0.4) is 0 Å². The smallest absolute Gasteiger partial charge is 0.293 e. The van der Waals surface area contributed by atoms with Gasteiger partial charge in [0.15, 0.2) is 5.65 Å². The highest BCUT2D eigenvalue weighted by Crippen LogP contribution is 2.36. The lowest BCUT2D eigenvalue weighted by Crippen LogP contribution is -2.39. The second-order valence-electron chi connectivity index (χ2n) is 9.16. The van der Waals surface area contributed by atoms with Gasteiger partial charge in [-0.3, -0.25) is 4.79 Å². The van der Waals surface area contributed by atoms with Crippen molar-refractivity contribution in [3.63, 3.8) is 0 Å². The van der Waals surface area contributed by atoms with Crippen molar-refractivity contribution < 1.29 is 4.79 Å². The molecule has 0 bridgehead atoms. The summed E-state index contributed by atoms with van der Waals surface area (Å²) in [4.78, 5) is 15.4. The van der Waals surface area contributed by atoms with Crippen molar-refractivity contribution in [2.24, 2.45) is 0 Å². The largest absolute Gasteiger partial charge is 0.336 e. The van der Waals surface area contributed by atoms with Crippen LogP contribution in [0.2, 0.25) is 10.0 Å². The van der Waals surface area contributed by atoms with Gasteiger partial charge in [-0.25, -0.2) is 0 Å². The number of piperidine rings is 1. The van der Waals surface area contributed by atoms with Gasteiger partial charge < -0.3 is 4.90 Å². The van der Waals surface area contributed by atoms with Crippen LogP contribution in [0.25, 0.3) is 28.0 Å². The topological polar surface area (TPSA) is 63.4 Å². The lowest BCUT2D eigenvalue weighted by Gasteiger charge is -2.31. The van der Waals surface area contributed by atoms with E-state index in [1.165, 1.54) is 10.1 Å². The van der Waals surface area contributed by atoms with Gasteiger partial charge >= 0.3 is 0 Å². The maximum Gasteiger partial charge on any atom is 0.293 e. The minimum absolute atomic E-state index is 0.170. The van der Waals surface area contributed by atoms with Crippen molar-refractivity contribution in [3.05, 3.63) is 106 Å². The van der Waals surface area contributed by atoms with E-state index in [1.807, 2.05) is 79.4 Å². The molecular weight excluding hydrogens is 529 g/mol. The van der Waals surface area contributed by atoms with Gasteiger partial charge in [0.1, 0.15) is 5.69 Å². The van der Waals surface area contributed by atoms with Gasteiger partial charge in [0.25, 0.3) is 5.91 Å². The average molecular weight is 559 g/mol. The third-order valence-corrected chi connectivity index (χ3v) is 7.50. The number of carbonyl (C=O) groups is 1. The third-order valence-electron chi connectivity index (χ3n) is 6.92. The molecule has 39 heavy (non-hydrogen) atoms. The summed E-state index contributed by atoms with van der Waals surface area (Å²) in [6.45, 7) is 5.32. The molecule has 198 valence electrons. The Morgan fingerprint density at radius 1 is 0.821 bits per heavy atom. The van der Waals surface area contributed by atoms with Crippen LogP contribution in [-0.4, -0.2) is 43.7 Å². The van der Waals surface area contributed by atoms with Gasteiger partial charge in [-0.15, -0.1) is 10.2 Å². The molecule has 0 saturated carbocycles. The molecule has 3 heterocycles. The molecule has 5 aromatic rings. The van der Waals surface area contributed by atoms with Crippen LogP contribution in [-0.2, 0) is 0 Å². The number of hydrogen-bond donors (Lipinski definition) is 0. The zero-order chi connectivity index (χ0) is 27.4. The van der Waals surface area contributed by atoms with E-state index in [0.717, 1.165) is 29.5 Å². The summed E-state index contributed by atoms with van der Waals surface area (Å²) >= 11 is 12.7. The van der Waals surface area contributed by atoms with Crippen LogP contribution >= 0.6 is 23.2 Å². The molecule has 0 spiro atoms. The maximum atomic E-state index is 13.5. The fraction of sp³-hybridized carbons (Fsp3) is 0.226. The van der Waals surface area contributed by atoms with Gasteiger partial charge in [-0.05, 0) is 54.2 Å². The number of carbonyl (C=O) groups excluding carboxylic acids is 1. The molecule has 0 unspecified atom stereocenters. The molecule has 1 aliphatic rings. The number of fused-ring (bicyclic) bond motifs is 1. The van der Waals surface area contributed by atoms with Crippen LogP contribution < -0.4 is 0 Å². The highest BCUT2D eigenvalue weighted by atomic mass is 35.5. The van der Waals surface area contributed by atoms with Crippen molar-refractivity contribution in [3.8, 4) is 22.4 Å². The first-order valence-corrected chi connectivity index (χ1v) is 14.0. The van der Waals surface area contributed by atoms with E-state index in [0.29, 0.717) is 40.4 Å². The van der Waals surface area contributed by atoms with Crippen LogP contribution in [0, 0.1) is 0 Å². The summed E-state index contributed by atoms with van der Waals surface area (Å²) in [6, 6.07) is 27.4. The Balaban J connectivity index is 0.00000151. The SMILES string of the molecule is CC.O=C(c1nnc2cc(-c3ccc(Cl)cc3)c(-c3ccccc3Cl)nn12)N1CCC(c2ccccc2)CC1. The summed E-state index contributed by atoms with van der Waals surface area (Å²) in [5, 5.41) is 14.6. The maximum absolute atomic E-state index is 13.5. The van der Waals surface area contributed by atoms with E-state index in [4.69, 9.17) is 28.3 Å². The molecule has 3 aromatic carbocycles. The second kappa shape index (κ2) is 12.0. The van der Waals surface area contributed by atoms with Crippen molar-refractivity contribution in [1.29, 1.82) is 0 Å². The number of amides is 1. The molecule has 6 rings (SSSR count). The highest BCUT2D eigenvalue weighted by molar-refractivity contribution is 6.33. The molecule has 8 heteroatoms. The number of hydrogen-bond acceptors (Lipinski definition) is 4. The predicted octanol–water partition coefficient (Wildman–Crippen LogP) is 7.81. The lowest BCUT2D eigenvalue weighted by atomic mass is 9.89. The minimum Gasteiger partial charge on any atom is -0.336 e. The number of benzene rings is 3. The molecule has 6 nitrogen and oxygen atoms in total. The van der Waals surface area contributed by atoms with Gasteiger partial charge in [0.2, 0.25) is 5.82 Å². The average Bonchev–Trinajstić information content (AvgIpc) is 3.41. The van der Waals surface area contributed by atoms with Gasteiger partial charge in [-0.1, -0.05) is 97.7 Å². The summed E-state index contributed by atoms with van der Waals surface area (Å²) in [6.07, 6.45) is 1.82. The Morgan fingerprint density at radius 2 is 1.49 bits per heavy atom. The van der Waals surface area contributed by atoms with Crippen LogP contribution in [0.4, 0.5) is 0 Å². The summed E-state index contributed by atoms with van der Waals surface area (Å²) in [5.41, 5.74) is 4.94. The molecule has 1 fully saturated rings. The van der Waals surface area contributed by atoms with Crippen LogP contribution in [0.15, 0.2) is 84.9 Å². The Labute approximate surface area is 238 Å². The predicted molar refractivity (Wildman–Crippen MR) is 157 cm³/mol. The zero-order valence-electron chi connectivity index (χ0n) is 21.9. The molecule has 0 atom stereocenters. The molecule has 1 saturated heterocycles. The third kappa shape index (κ3) is 5.54. The first-order valence-electron chi connectivity index (χ1n) is 13.2. The van der Waals surface area contributed by atoms with E-state index in [2.05, 4.69) is 34.5 Å². The Morgan fingerprint density at radius 3 is 2.18 bits per heavy atom. The fourth-order valence-electron chi connectivity index (χ4n) is 4.95. The Bertz CT molecular complexity index is 1580. The number of rotatable bonds is 4. The molecule has 0 N–H and O–H groups in total. The van der Waals surface area contributed by atoms with Crippen LogP contribution in [0.1, 0.15) is 48.8 Å². The highest BCUT2D eigenvalue weighted by Gasteiger charge is 2.28. The number of nitrogens with zero attached hydrogens (tertiary/aromatic N) is 5. The lowest BCUT2D eigenvalue weighted by molar-refractivity contribution is 0.0697. The molecule has 0 aliphatic carbocycles. The molecule has 1 aliphatic heterocycles. The Kier molecular flexibility index (Phi) is 8.24. The van der Waals surface area contributed by atoms with Crippen molar-refractivity contribution >= 4 is 34.8 Å². The molecule has 0 radical (unpaired) electrons. The summed E-state index contributed by atoms with van der Waals surface area (Å²) in [5.74, 6) is 0.479. The van der Waals surface area contributed by atoms with Crippen LogP contribution in [0.5, 0.6) is 0 Å². The first-order chi connectivity index (χ1) is 19.1. The molecule has 2 aromatic heterocycles. The first kappa shape index (κ1) is 26.9. The Hall–Kier alpha value is -3.74. The normalized spacial score (nSPS) is 13.7. The van der Waals surface area contributed by atoms with Crippen molar-refractivity contribution in [2.75, 3.05) is 13.1 Å². The standard InChI is InChI=1S/C29H23Cl2N5O.C2H6/c30-22-12-10-21(11-13-22)24-18-26-32-33-28(36(26)34-27(24)23-8-4-5-9-25(23)31)29(37)35-16-14-20(15-17-35)19-6-2-1-3-7-19;1-2/h1-13,18,20H,14-17H2;1-2H3. The van der Waals surface area contributed by atoms with E-state index in [-0.39, 0.29) is 11.7 Å². The minimum atomic E-state index is -0.170. The molecule has 1 amide bonds. The van der Waals surface area contributed by atoms with Crippen molar-refractivity contribution in [1.82, 2.24) is 24.7 Å². The van der Waals surface area contributed by atoms with Gasteiger partial charge in [0.05, 0.1) is 5.02 Å². The fourth-order valence-corrected chi connectivity index (χ4v) is 5.30. The van der Waals surface area contributed by atoms with E-state index in [1.54, 1.807) is 0 Å². The quantitative estimate of drug-likeness (QED) is 0.226. The van der Waals surface area contributed by atoms with E-state index >= 15 is 0 Å². The summed E-state index contributed by atoms with van der Waals surface area (Å²) < 4.78 is 1.53. The number of aromatic nitrogens is 4. The number of halogens is 2. The van der Waals surface area contributed by atoms with E-state index < -0.39 is 0 Å². The number of likely N-dealkylation sites (tertiary alicyclic amines) is 1. The second-order valence-corrected chi connectivity index (χ2v) is 10.0. The zero-order valence-corrected chi connectivity index (χ0v) is 23.4. The van der Waals surface area contributed by atoms with E-state index in [9.17, 15) is 4.79 Å². The monoisotopic (exact) mass is 557 g/mol. The summed E-state index contributed by atoms with van der Waals surface area (Å²) in [7, 11) is 0. The van der Waals surface area contributed by atoms with Crippen molar-refractivity contribution in [2.45, 2.75) is 32.6 Å². The van der Waals surface area contributed by atoms with Gasteiger partial charge in [0, 0.05) is 29.2 Å². The van der Waals surface area contributed by atoms with Gasteiger partial charge in [-0.2, -0.15) is 9.61 Å². The molecular formula is C31H29Cl2N5O.